The van der Waals surface area contributed by atoms with Crippen LogP contribution < -0.4 is 5.32 Å². The predicted molar refractivity (Wildman–Crippen MR) is 117 cm³/mol. The SMILES string of the molecule is O=C(CSc1nc2ccccc2n1-c1ccccc1)Nc1cccc(Cl)c1Cl. The molecule has 3 aromatic carbocycles. The number of rotatable bonds is 5. The van der Waals surface area contributed by atoms with E-state index in [0.29, 0.717) is 15.7 Å². The molecule has 0 radical (unpaired) electrons. The summed E-state index contributed by atoms with van der Waals surface area (Å²) in [4.78, 5) is 17.1. The van der Waals surface area contributed by atoms with Crippen molar-refractivity contribution in [3.63, 3.8) is 0 Å². The van der Waals surface area contributed by atoms with Crippen LogP contribution in [0.2, 0.25) is 10.0 Å². The largest absolute Gasteiger partial charge is 0.324 e. The first-order chi connectivity index (χ1) is 13.6. The number of anilines is 1. The summed E-state index contributed by atoms with van der Waals surface area (Å²) in [6.07, 6.45) is 0. The van der Waals surface area contributed by atoms with Gasteiger partial charge in [0.1, 0.15) is 0 Å². The fourth-order valence-corrected chi connectivity index (χ4v) is 4.02. The van der Waals surface area contributed by atoms with Gasteiger partial charge in [0, 0.05) is 5.69 Å². The second-order valence-electron chi connectivity index (χ2n) is 5.99. The number of hydrogen-bond donors (Lipinski definition) is 1. The van der Waals surface area contributed by atoms with Crippen molar-refractivity contribution in [2.75, 3.05) is 11.1 Å². The fraction of sp³-hybridized carbons (Fsp3) is 0.0476. The molecule has 0 aliphatic heterocycles. The van der Waals surface area contributed by atoms with Gasteiger partial charge in [0.15, 0.2) is 5.16 Å². The van der Waals surface area contributed by atoms with Crippen LogP contribution in [-0.2, 0) is 4.79 Å². The van der Waals surface area contributed by atoms with Crippen molar-refractivity contribution in [1.82, 2.24) is 9.55 Å². The molecular formula is C21H15Cl2N3OS. The molecule has 4 aromatic rings. The Morgan fingerprint density at radius 1 is 0.964 bits per heavy atom. The van der Waals surface area contributed by atoms with E-state index < -0.39 is 0 Å². The number of thioether (sulfide) groups is 1. The highest BCUT2D eigenvalue weighted by molar-refractivity contribution is 7.99. The summed E-state index contributed by atoms with van der Waals surface area (Å²) in [5.41, 5.74) is 3.37. The van der Waals surface area contributed by atoms with Gasteiger partial charge in [-0.2, -0.15) is 0 Å². The summed E-state index contributed by atoms with van der Waals surface area (Å²) >= 11 is 13.5. The van der Waals surface area contributed by atoms with Crippen molar-refractivity contribution < 1.29 is 4.79 Å². The maximum absolute atomic E-state index is 12.4. The van der Waals surface area contributed by atoms with Gasteiger partial charge in [0.05, 0.1) is 32.5 Å². The average Bonchev–Trinajstić information content (AvgIpc) is 3.09. The number of carbonyl (C=O) groups is 1. The Morgan fingerprint density at radius 3 is 2.54 bits per heavy atom. The summed E-state index contributed by atoms with van der Waals surface area (Å²) in [6, 6.07) is 23.0. The number of halogens is 2. The number of carbonyl (C=O) groups excluding carboxylic acids is 1. The minimum Gasteiger partial charge on any atom is -0.324 e. The molecule has 0 saturated carbocycles. The van der Waals surface area contributed by atoms with Gasteiger partial charge in [-0.3, -0.25) is 9.36 Å². The summed E-state index contributed by atoms with van der Waals surface area (Å²) in [5.74, 6) is 0.0137. The van der Waals surface area contributed by atoms with Gasteiger partial charge in [-0.05, 0) is 36.4 Å². The molecule has 1 heterocycles. The van der Waals surface area contributed by atoms with Gasteiger partial charge in [0.2, 0.25) is 5.91 Å². The Kier molecular flexibility index (Phi) is 5.57. The molecular weight excluding hydrogens is 413 g/mol. The lowest BCUT2D eigenvalue weighted by Gasteiger charge is -2.10. The highest BCUT2D eigenvalue weighted by Crippen LogP contribution is 2.31. The standard InChI is InChI=1S/C21H15Cl2N3OS/c22-15-9-6-11-17(20(15)23)24-19(27)13-28-21-25-16-10-4-5-12-18(16)26(21)14-7-2-1-3-8-14/h1-12H,13H2,(H,24,27). The van der Waals surface area contributed by atoms with Crippen molar-refractivity contribution in [1.29, 1.82) is 0 Å². The Morgan fingerprint density at radius 2 is 1.71 bits per heavy atom. The van der Waals surface area contributed by atoms with Crippen LogP contribution in [0.25, 0.3) is 16.7 Å². The third-order valence-corrected chi connectivity index (χ3v) is 5.86. The molecule has 0 unspecified atom stereocenters. The zero-order valence-electron chi connectivity index (χ0n) is 14.6. The molecule has 28 heavy (non-hydrogen) atoms. The minimum absolute atomic E-state index is 0.180. The highest BCUT2D eigenvalue weighted by Gasteiger charge is 2.15. The molecule has 0 saturated heterocycles. The van der Waals surface area contributed by atoms with E-state index in [1.54, 1.807) is 18.2 Å². The van der Waals surface area contributed by atoms with Crippen molar-refractivity contribution in [2.24, 2.45) is 0 Å². The van der Waals surface area contributed by atoms with E-state index in [-0.39, 0.29) is 11.7 Å². The quantitative estimate of drug-likeness (QED) is 0.393. The van der Waals surface area contributed by atoms with Crippen LogP contribution in [0.5, 0.6) is 0 Å². The molecule has 140 valence electrons. The number of benzene rings is 3. The number of nitrogens with zero attached hydrogens (tertiary/aromatic N) is 2. The van der Waals surface area contributed by atoms with Crippen LogP contribution in [-0.4, -0.2) is 21.2 Å². The minimum atomic E-state index is -0.180. The summed E-state index contributed by atoms with van der Waals surface area (Å²) in [5, 5.41) is 4.28. The van der Waals surface area contributed by atoms with Crippen molar-refractivity contribution in [3.05, 3.63) is 82.8 Å². The van der Waals surface area contributed by atoms with E-state index in [4.69, 9.17) is 28.2 Å². The Labute approximate surface area is 176 Å². The fourth-order valence-electron chi connectivity index (χ4n) is 2.84. The van der Waals surface area contributed by atoms with Crippen molar-refractivity contribution in [3.8, 4) is 5.69 Å². The van der Waals surface area contributed by atoms with Gasteiger partial charge >= 0.3 is 0 Å². The van der Waals surface area contributed by atoms with Crippen LogP contribution in [0.15, 0.2) is 78.0 Å². The lowest BCUT2D eigenvalue weighted by Crippen LogP contribution is -2.14. The van der Waals surface area contributed by atoms with E-state index in [0.717, 1.165) is 21.9 Å². The van der Waals surface area contributed by atoms with E-state index in [9.17, 15) is 4.79 Å². The number of nitrogens with one attached hydrogen (secondary N) is 1. The summed E-state index contributed by atoms with van der Waals surface area (Å²) < 4.78 is 2.06. The molecule has 1 amide bonds. The Hall–Kier alpha value is -2.47. The lowest BCUT2D eigenvalue weighted by atomic mass is 10.3. The van der Waals surface area contributed by atoms with Crippen molar-refractivity contribution >= 4 is 57.6 Å². The maximum atomic E-state index is 12.4. The molecule has 4 nitrogen and oxygen atoms in total. The van der Waals surface area contributed by atoms with E-state index in [2.05, 4.69) is 9.88 Å². The first-order valence-electron chi connectivity index (χ1n) is 8.53. The predicted octanol–water partition coefficient (Wildman–Crippen LogP) is 6.06. The molecule has 0 fully saturated rings. The van der Waals surface area contributed by atoms with Gasteiger partial charge < -0.3 is 5.32 Å². The van der Waals surface area contributed by atoms with E-state index >= 15 is 0 Å². The number of para-hydroxylation sites is 3. The molecule has 1 N–H and O–H groups in total. The second-order valence-corrected chi connectivity index (χ2v) is 7.72. The lowest BCUT2D eigenvalue weighted by molar-refractivity contribution is -0.113. The Bertz CT molecular complexity index is 1150. The van der Waals surface area contributed by atoms with Gasteiger partial charge in [-0.25, -0.2) is 4.98 Å². The zero-order chi connectivity index (χ0) is 19.5. The first kappa shape index (κ1) is 18.9. The average molecular weight is 428 g/mol. The van der Waals surface area contributed by atoms with E-state index in [1.165, 1.54) is 11.8 Å². The van der Waals surface area contributed by atoms with E-state index in [1.807, 2.05) is 54.6 Å². The number of hydrogen-bond acceptors (Lipinski definition) is 3. The highest BCUT2D eigenvalue weighted by atomic mass is 35.5. The molecule has 0 spiro atoms. The van der Waals surface area contributed by atoms with Gasteiger partial charge in [-0.1, -0.05) is 71.4 Å². The second kappa shape index (κ2) is 8.27. The maximum Gasteiger partial charge on any atom is 0.234 e. The van der Waals surface area contributed by atoms with Crippen molar-refractivity contribution in [2.45, 2.75) is 5.16 Å². The molecule has 7 heteroatoms. The molecule has 0 aliphatic rings. The zero-order valence-corrected chi connectivity index (χ0v) is 16.9. The van der Waals surface area contributed by atoms with Crippen LogP contribution >= 0.6 is 35.0 Å². The summed E-state index contributed by atoms with van der Waals surface area (Å²) in [7, 11) is 0. The van der Waals surface area contributed by atoms with Gasteiger partial charge in [0.25, 0.3) is 0 Å². The molecule has 0 aliphatic carbocycles. The van der Waals surface area contributed by atoms with Crippen LogP contribution in [0.4, 0.5) is 5.69 Å². The number of imidazole rings is 1. The number of aromatic nitrogens is 2. The molecule has 4 rings (SSSR count). The first-order valence-corrected chi connectivity index (χ1v) is 10.3. The molecule has 0 bridgehead atoms. The third-order valence-electron chi connectivity index (χ3n) is 4.10. The van der Waals surface area contributed by atoms with Crippen LogP contribution in [0.1, 0.15) is 0 Å². The third kappa shape index (κ3) is 3.87. The molecule has 0 atom stereocenters. The Balaban J connectivity index is 1.58. The smallest absolute Gasteiger partial charge is 0.234 e. The number of amides is 1. The van der Waals surface area contributed by atoms with Crippen LogP contribution in [0.3, 0.4) is 0 Å². The number of fused-ring (bicyclic) bond motifs is 1. The molecule has 1 aromatic heterocycles. The summed E-state index contributed by atoms with van der Waals surface area (Å²) in [6.45, 7) is 0. The monoisotopic (exact) mass is 427 g/mol. The topological polar surface area (TPSA) is 46.9 Å². The van der Waals surface area contributed by atoms with Gasteiger partial charge in [-0.15, -0.1) is 0 Å². The van der Waals surface area contributed by atoms with Crippen LogP contribution in [0, 0.1) is 0 Å². The normalized spacial score (nSPS) is 10.9.